The van der Waals surface area contributed by atoms with E-state index >= 15 is 0 Å². The lowest BCUT2D eigenvalue weighted by Crippen LogP contribution is -2.46. The van der Waals surface area contributed by atoms with E-state index in [1.165, 1.54) is 0 Å². The highest BCUT2D eigenvalue weighted by atomic mass is 16.2. The van der Waals surface area contributed by atoms with Gasteiger partial charge in [-0.3, -0.25) is 9.59 Å². The lowest BCUT2D eigenvalue weighted by molar-refractivity contribution is -0.129. The van der Waals surface area contributed by atoms with Crippen LogP contribution in [0.5, 0.6) is 0 Å². The van der Waals surface area contributed by atoms with Gasteiger partial charge in [-0.15, -0.1) is 0 Å². The molecule has 1 aliphatic heterocycles. The van der Waals surface area contributed by atoms with Gasteiger partial charge in [0.1, 0.15) is 11.8 Å². The molecule has 0 radical (unpaired) electrons. The van der Waals surface area contributed by atoms with E-state index in [1.807, 2.05) is 19.1 Å². The van der Waals surface area contributed by atoms with Crippen LogP contribution >= 0.6 is 0 Å². The molecule has 0 saturated heterocycles. The molecule has 1 heterocycles. The highest BCUT2D eigenvalue weighted by Crippen LogP contribution is 2.21. The van der Waals surface area contributed by atoms with Crippen LogP contribution in [0.15, 0.2) is 29.3 Å². The molecule has 3 rings (SSSR count). The molecule has 1 unspecified atom stereocenters. The van der Waals surface area contributed by atoms with Crippen LogP contribution < -0.4 is 10.6 Å². The SMILES string of the molecule is Cc1ccc(C2C(=O)N=C(CNC3CC3)NC2=O)cc1. The number of rotatable bonds is 4. The third kappa shape index (κ3) is 2.77. The number of nitrogens with one attached hydrogen (secondary N) is 2. The van der Waals surface area contributed by atoms with Gasteiger partial charge in [-0.1, -0.05) is 29.8 Å². The number of carbonyl (C=O) groups excluding carboxylic acids is 2. The Labute approximate surface area is 117 Å². The second-order valence-electron chi connectivity index (χ2n) is 5.38. The van der Waals surface area contributed by atoms with Gasteiger partial charge in [-0.25, -0.2) is 0 Å². The summed E-state index contributed by atoms with van der Waals surface area (Å²) in [7, 11) is 0. The van der Waals surface area contributed by atoms with Crippen molar-refractivity contribution in [3.8, 4) is 0 Å². The van der Waals surface area contributed by atoms with Gasteiger partial charge in [0.2, 0.25) is 5.91 Å². The molecule has 0 aromatic heterocycles. The van der Waals surface area contributed by atoms with Gasteiger partial charge >= 0.3 is 0 Å². The van der Waals surface area contributed by atoms with E-state index in [2.05, 4.69) is 15.6 Å². The summed E-state index contributed by atoms with van der Waals surface area (Å²) in [4.78, 5) is 28.2. The van der Waals surface area contributed by atoms with Crippen LogP contribution in [0, 0.1) is 6.92 Å². The molecule has 5 nitrogen and oxygen atoms in total. The number of hydrogen-bond acceptors (Lipinski definition) is 3. The number of hydrogen-bond donors (Lipinski definition) is 2. The van der Waals surface area contributed by atoms with Crippen LogP contribution in [0.3, 0.4) is 0 Å². The van der Waals surface area contributed by atoms with Crippen LogP contribution in [0.25, 0.3) is 0 Å². The molecule has 5 heteroatoms. The summed E-state index contributed by atoms with van der Waals surface area (Å²) in [6, 6.07) is 7.91. The molecule has 1 fully saturated rings. The predicted molar refractivity (Wildman–Crippen MR) is 75.5 cm³/mol. The first-order chi connectivity index (χ1) is 9.63. The molecule has 20 heavy (non-hydrogen) atoms. The standard InChI is InChI=1S/C15H17N3O2/c1-9-2-4-10(5-3-9)13-14(19)17-12(18-15(13)20)8-16-11-6-7-11/h2-5,11,13,16H,6-8H2,1H3,(H,17,18,19,20). The van der Waals surface area contributed by atoms with Crippen LogP contribution in [0.2, 0.25) is 0 Å². The highest BCUT2D eigenvalue weighted by Gasteiger charge is 2.33. The fraction of sp³-hybridized carbons (Fsp3) is 0.400. The van der Waals surface area contributed by atoms with E-state index in [0.717, 1.165) is 18.4 Å². The summed E-state index contributed by atoms with van der Waals surface area (Å²) in [5.74, 6) is -1.07. The normalized spacial score (nSPS) is 22.4. The quantitative estimate of drug-likeness (QED) is 0.799. The minimum Gasteiger partial charge on any atom is -0.312 e. The van der Waals surface area contributed by atoms with E-state index in [9.17, 15) is 9.59 Å². The van der Waals surface area contributed by atoms with Gasteiger partial charge < -0.3 is 10.6 Å². The maximum absolute atomic E-state index is 12.1. The van der Waals surface area contributed by atoms with Crippen molar-refractivity contribution in [2.45, 2.75) is 31.7 Å². The second kappa shape index (κ2) is 5.17. The Balaban J connectivity index is 1.75. The van der Waals surface area contributed by atoms with Crippen molar-refractivity contribution >= 4 is 17.6 Å². The first-order valence-electron chi connectivity index (χ1n) is 6.86. The summed E-state index contributed by atoms with van der Waals surface area (Å²) >= 11 is 0. The van der Waals surface area contributed by atoms with Crippen molar-refractivity contribution in [1.29, 1.82) is 0 Å². The smallest absolute Gasteiger partial charge is 0.264 e. The minimum atomic E-state index is -0.819. The maximum atomic E-state index is 12.1. The van der Waals surface area contributed by atoms with E-state index in [1.54, 1.807) is 12.1 Å². The number of nitrogens with zero attached hydrogens (tertiary/aromatic N) is 1. The molecule has 2 aliphatic rings. The van der Waals surface area contributed by atoms with E-state index < -0.39 is 5.92 Å². The molecule has 1 saturated carbocycles. The molecule has 0 bridgehead atoms. The Hall–Kier alpha value is -2.01. The fourth-order valence-electron chi connectivity index (χ4n) is 2.22. The Morgan fingerprint density at radius 1 is 1.25 bits per heavy atom. The molecule has 0 spiro atoms. The Bertz CT molecular complexity index is 573. The summed E-state index contributed by atoms with van der Waals surface area (Å²) in [6.45, 7) is 2.41. The van der Waals surface area contributed by atoms with Crippen LogP contribution in [-0.2, 0) is 9.59 Å². The van der Waals surface area contributed by atoms with E-state index in [-0.39, 0.29) is 11.8 Å². The van der Waals surface area contributed by atoms with Crippen LogP contribution in [0.1, 0.15) is 29.9 Å². The zero-order valence-corrected chi connectivity index (χ0v) is 11.3. The monoisotopic (exact) mass is 271 g/mol. The molecule has 104 valence electrons. The summed E-state index contributed by atoms with van der Waals surface area (Å²) in [5, 5.41) is 5.95. The van der Waals surface area contributed by atoms with E-state index in [0.29, 0.717) is 24.0 Å². The van der Waals surface area contributed by atoms with Gasteiger partial charge in [-0.05, 0) is 25.3 Å². The second-order valence-corrected chi connectivity index (χ2v) is 5.38. The zero-order valence-electron chi connectivity index (χ0n) is 11.3. The largest absolute Gasteiger partial charge is 0.312 e. The van der Waals surface area contributed by atoms with Crippen LogP contribution in [0.4, 0.5) is 0 Å². The first-order valence-corrected chi connectivity index (χ1v) is 6.86. The van der Waals surface area contributed by atoms with Crippen molar-refractivity contribution in [1.82, 2.24) is 10.6 Å². The summed E-state index contributed by atoms with van der Waals surface area (Å²) in [6.07, 6.45) is 2.31. The third-order valence-corrected chi connectivity index (χ3v) is 3.57. The zero-order chi connectivity index (χ0) is 14.1. The highest BCUT2D eigenvalue weighted by molar-refractivity contribution is 6.19. The molecular formula is C15H17N3O2. The molecule has 1 aliphatic carbocycles. The van der Waals surface area contributed by atoms with Gasteiger partial charge in [0.25, 0.3) is 5.91 Å². The lowest BCUT2D eigenvalue weighted by atomic mass is 9.95. The molecule has 1 atom stereocenters. The molecule has 1 aromatic carbocycles. The average molecular weight is 271 g/mol. The number of aryl methyl sites for hydroxylation is 1. The Kier molecular flexibility index (Phi) is 3.36. The Morgan fingerprint density at radius 3 is 2.55 bits per heavy atom. The number of amidine groups is 1. The average Bonchev–Trinajstić information content (AvgIpc) is 3.22. The minimum absolute atomic E-state index is 0.290. The third-order valence-electron chi connectivity index (χ3n) is 3.57. The maximum Gasteiger partial charge on any atom is 0.264 e. The van der Waals surface area contributed by atoms with Crippen molar-refractivity contribution in [3.05, 3.63) is 35.4 Å². The van der Waals surface area contributed by atoms with Crippen LogP contribution in [-0.4, -0.2) is 30.2 Å². The molecule has 2 amide bonds. The van der Waals surface area contributed by atoms with Gasteiger partial charge in [0, 0.05) is 6.04 Å². The number of amides is 2. The number of benzene rings is 1. The van der Waals surface area contributed by atoms with Crippen molar-refractivity contribution in [3.63, 3.8) is 0 Å². The molecule has 1 aromatic rings. The van der Waals surface area contributed by atoms with Crippen molar-refractivity contribution in [2.75, 3.05) is 6.54 Å². The van der Waals surface area contributed by atoms with Gasteiger partial charge in [0.05, 0.1) is 6.54 Å². The Morgan fingerprint density at radius 2 is 1.95 bits per heavy atom. The summed E-state index contributed by atoms with van der Waals surface area (Å²) in [5.41, 5.74) is 1.78. The molecular weight excluding hydrogens is 254 g/mol. The number of carbonyl (C=O) groups is 2. The van der Waals surface area contributed by atoms with Crippen molar-refractivity contribution in [2.24, 2.45) is 4.99 Å². The fourth-order valence-corrected chi connectivity index (χ4v) is 2.22. The molecule has 2 N–H and O–H groups in total. The lowest BCUT2D eigenvalue weighted by Gasteiger charge is -2.20. The van der Waals surface area contributed by atoms with Gasteiger partial charge in [0.15, 0.2) is 0 Å². The topological polar surface area (TPSA) is 70.6 Å². The van der Waals surface area contributed by atoms with Gasteiger partial charge in [-0.2, -0.15) is 4.99 Å². The van der Waals surface area contributed by atoms with Crippen molar-refractivity contribution < 1.29 is 9.59 Å². The van der Waals surface area contributed by atoms with E-state index in [4.69, 9.17) is 0 Å². The predicted octanol–water partition coefficient (Wildman–Crippen LogP) is 0.886. The summed E-state index contributed by atoms with van der Waals surface area (Å²) < 4.78 is 0. The first kappa shape index (κ1) is 13.0. The number of aliphatic imine (C=N–C) groups is 1.